The fourth-order valence-electron chi connectivity index (χ4n) is 1.78. The zero-order valence-corrected chi connectivity index (χ0v) is 12.0. The summed E-state index contributed by atoms with van der Waals surface area (Å²) in [6, 6.07) is 7.78. The van der Waals surface area contributed by atoms with E-state index >= 15 is 0 Å². The van der Waals surface area contributed by atoms with Crippen molar-refractivity contribution in [3.63, 3.8) is 0 Å². The summed E-state index contributed by atoms with van der Waals surface area (Å²) in [6.45, 7) is 8.25. The number of amides is 1. The predicted octanol–water partition coefficient (Wildman–Crippen LogP) is 2.27. The Morgan fingerprint density at radius 1 is 1.47 bits per heavy atom. The van der Waals surface area contributed by atoms with E-state index in [2.05, 4.69) is 10.3 Å². The average molecular weight is 259 g/mol. The minimum atomic E-state index is -0.598. The van der Waals surface area contributed by atoms with Crippen LogP contribution in [0.15, 0.2) is 24.4 Å². The monoisotopic (exact) mass is 259 g/mol. The van der Waals surface area contributed by atoms with Crippen LogP contribution in [0.1, 0.15) is 33.4 Å². The molecule has 1 aromatic rings. The van der Waals surface area contributed by atoms with Gasteiger partial charge >= 0.3 is 0 Å². The molecule has 1 aromatic heterocycles. The first kappa shape index (κ1) is 15.2. The van der Waals surface area contributed by atoms with Crippen molar-refractivity contribution in [3.05, 3.63) is 30.1 Å². The molecular formula is C15H21N3O. The highest BCUT2D eigenvalue weighted by Gasteiger charge is 2.26. The second kappa shape index (κ2) is 6.33. The Kier molecular flexibility index (Phi) is 5.05. The highest BCUT2D eigenvalue weighted by molar-refractivity contribution is 5.81. The molecule has 0 radical (unpaired) electrons. The number of aromatic nitrogens is 1. The third kappa shape index (κ3) is 4.06. The quantitative estimate of drug-likeness (QED) is 0.882. The minimum absolute atomic E-state index is 0.0166. The molecule has 1 atom stereocenters. The topological polar surface area (TPSA) is 65.8 Å². The molecule has 0 bridgehead atoms. The Labute approximate surface area is 114 Å². The molecule has 0 saturated heterocycles. The molecular weight excluding hydrogens is 238 g/mol. The van der Waals surface area contributed by atoms with Gasteiger partial charge in [-0.05, 0) is 18.1 Å². The van der Waals surface area contributed by atoms with Gasteiger partial charge in [0.2, 0.25) is 5.91 Å². The fourth-order valence-corrected chi connectivity index (χ4v) is 1.78. The Morgan fingerprint density at radius 3 is 2.63 bits per heavy atom. The molecule has 1 N–H and O–H groups in total. The van der Waals surface area contributed by atoms with E-state index in [0.717, 1.165) is 5.69 Å². The second-order valence-electron chi connectivity index (χ2n) is 5.67. The molecule has 0 aliphatic carbocycles. The van der Waals surface area contributed by atoms with Gasteiger partial charge in [0, 0.05) is 23.9 Å². The summed E-state index contributed by atoms with van der Waals surface area (Å²) in [4.78, 5) is 16.3. The third-order valence-electron chi connectivity index (χ3n) is 3.15. The Morgan fingerprint density at radius 2 is 2.16 bits per heavy atom. The molecule has 0 aliphatic heterocycles. The van der Waals surface area contributed by atoms with Crippen LogP contribution in [0.3, 0.4) is 0 Å². The van der Waals surface area contributed by atoms with E-state index in [4.69, 9.17) is 5.26 Å². The van der Waals surface area contributed by atoms with Crippen LogP contribution in [-0.4, -0.2) is 17.4 Å². The molecule has 4 nitrogen and oxygen atoms in total. The Balaban J connectivity index is 2.66. The number of nitrogens with zero attached hydrogens (tertiary/aromatic N) is 2. The average Bonchev–Trinajstić information content (AvgIpc) is 2.38. The smallest absolute Gasteiger partial charge is 0.237 e. The normalized spacial score (nSPS) is 12.8. The van der Waals surface area contributed by atoms with E-state index in [0.29, 0.717) is 6.54 Å². The molecule has 1 unspecified atom stereocenters. The summed E-state index contributed by atoms with van der Waals surface area (Å²) < 4.78 is 0. The highest BCUT2D eigenvalue weighted by Crippen LogP contribution is 2.20. The number of nitrogens with one attached hydrogen (secondary N) is 1. The summed E-state index contributed by atoms with van der Waals surface area (Å²) in [7, 11) is 0. The molecule has 1 heterocycles. The largest absolute Gasteiger partial charge is 0.354 e. The van der Waals surface area contributed by atoms with Crippen LogP contribution in [0.25, 0.3) is 0 Å². The first-order valence-corrected chi connectivity index (χ1v) is 6.47. The highest BCUT2D eigenvalue weighted by atomic mass is 16.1. The second-order valence-corrected chi connectivity index (χ2v) is 5.67. The van der Waals surface area contributed by atoms with Crippen LogP contribution in [0.5, 0.6) is 0 Å². The molecule has 19 heavy (non-hydrogen) atoms. The van der Waals surface area contributed by atoms with Gasteiger partial charge in [-0.2, -0.15) is 5.26 Å². The van der Waals surface area contributed by atoms with E-state index in [1.807, 2.05) is 52.0 Å². The zero-order chi connectivity index (χ0) is 14.5. The molecule has 1 rings (SSSR count). The maximum Gasteiger partial charge on any atom is 0.237 e. The van der Waals surface area contributed by atoms with E-state index in [1.165, 1.54) is 0 Å². The van der Waals surface area contributed by atoms with E-state index in [-0.39, 0.29) is 17.2 Å². The van der Waals surface area contributed by atoms with E-state index in [1.54, 1.807) is 6.20 Å². The van der Waals surface area contributed by atoms with Gasteiger partial charge in [0.15, 0.2) is 0 Å². The molecule has 0 saturated carbocycles. The first-order chi connectivity index (χ1) is 8.88. The molecule has 0 spiro atoms. The van der Waals surface area contributed by atoms with Gasteiger partial charge in [-0.15, -0.1) is 0 Å². The van der Waals surface area contributed by atoms with Crippen molar-refractivity contribution >= 4 is 5.91 Å². The summed E-state index contributed by atoms with van der Waals surface area (Å²) >= 11 is 0. The Bertz CT molecular complexity index is 460. The van der Waals surface area contributed by atoms with Gasteiger partial charge in [0.05, 0.1) is 6.07 Å². The van der Waals surface area contributed by atoms with Crippen LogP contribution >= 0.6 is 0 Å². The number of pyridine rings is 1. The molecule has 4 heteroatoms. The van der Waals surface area contributed by atoms with Crippen LogP contribution < -0.4 is 5.32 Å². The molecule has 1 amide bonds. The van der Waals surface area contributed by atoms with Crippen molar-refractivity contribution in [1.82, 2.24) is 10.3 Å². The van der Waals surface area contributed by atoms with Gasteiger partial charge in [-0.25, -0.2) is 0 Å². The first-order valence-electron chi connectivity index (χ1n) is 6.47. The number of hydrogen-bond donors (Lipinski definition) is 1. The summed E-state index contributed by atoms with van der Waals surface area (Å²) in [5.74, 6) is -0.788. The van der Waals surface area contributed by atoms with Crippen molar-refractivity contribution in [2.75, 3.05) is 6.54 Å². The van der Waals surface area contributed by atoms with Crippen molar-refractivity contribution in [2.24, 2.45) is 11.8 Å². The Hall–Kier alpha value is -1.89. The number of carbonyl (C=O) groups is 1. The van der Waals surface area contributed by atoms with E-state index in [9.17, 15) is 4.79 Å². The third-order valence-corrected chi connectivity index (χ3v) is 3.15. The summed E-state index contributed by atoms with van der Waals surface area (Å²) in [5.41, 5.74) is 0.668. The van der Waals surface area contributed by atoms with E-state index < -0.39 is 5.92 Å². The lowest BCUT2D eigenvalue weighted by atomic mass is 9.88. The van der Waals surface area contributed by atoms with Gasteiger partial charge in [-0.1, -0.05) is 33.8 Å². The standard InChI is InChI=1S/C15H21N3O/c1-11(2)12(9-16)14(19)18-10-15(3,4)13-7-5-6-8-17-13/h5-8,11-12H,10H2,1-4H3,(H,18,19). The fraction of sp³-hybridized carbons (Fsp3) is 0.533. The SMILES string of the molecule is CC(C)C(C#N)C(=O)NCC(C)(C)c1ccccn1. The predicted molar refractivity (Wildman–Crippen MR) is 74.2 cm³/mol. The minimum Gasteiger partial charge on any atom is -0.354 e. The number of hydrogen-bond acceptors (Lipinski definition) is 3. The maximum absolute atomic E-state index is 11.9. The summed E-state index contributed by atoms with van der Waals surface area (Å²) in [5, 5.41) is 11.8. The zero-order valence-electron chi connectivity index (χ0n) is 12.0. The summed E-state index contributed by atoms with van der Waals surface area (Å²) in [6.07, 6.45) is 1.74. The lowest BCUT2D eigenvalue weighted by molar-refractivity contribution is -0.124. The van der Waals surface area contributed by atoms with Crippen molar-refractivity contribution in [3.8, 4) is 6.07 Å². The number of rotatable bonds is 5. The molecule has 0 aromatic carbocycles. The molecule has 0 fully saturated rings. The lowest BCUT2D eigenvalue weighted by Gasteiger charge is -2.25. The number of nitriles is 1. The van der Waals surface area contributed by atoms with Crippen molar-refractivity contribution in [1.29, 1.82) is 5.26 Å². The maximum atomic E-state index is 11.9. The van der Waals surface area contributed by atoms with Gasteiger partial charge < -0.3 is 5.32 Å². The molecule has 0 aliphatic rings. The van der Waals surface area contributed by atoms with Crippen molar-refractivity contribution in [2.45, 2.75) is 33.1 Å². The number of carbonyl (C=O) groups excluding carboxylic acids is 1. The van der Waals surface area contributed by atoms with Gasteiger partial charge in [0.25, 0.3) is 0 Å². The lowest BCUT2D eigenvalue weighted by Crippen LogP contribution is -2.41. The van der Waals surface area contributed by atoms with Crippen molar-refractivity contribution < 1.29 is 4.79 Å². The van der Waals surface area contributed by atoms with Crippen LogP contribution in [-0.2, 0) is 10.2 Å². The van der Waals surface area contributed by atoms with Gasteiger partial charge in [0.1, 0.15) is 5.92 Å². The molecule has 102 valence electrons. The van der Waals surface area contributed by atoms with Gasteiger partial charge in [-0.3, -0.25) is 9.78 Å². The van der Waals surface area contributed by atoms with Crippen LogP contribution in [0.4, 0.5) is 0 Å². The van der Waals surface area contributed by atoms with Crippen LogP contribution in [0.2, 0.25) is 0 Å². The van der Waals surface area contributed by atoms with Crippen LogP contribution in [0, 0.1) is 23.2 Å².